The number of carboxylic acid groups (broad SMARTS) is 1. The van der Waals surface area contributed by atoms with Crippen LogP contribution >= 0.6 is 0 Å². The number of carboxylic acids is 1. The van der Waals surface area contributed by atoms with E-state index in [1.807, 2.05) is 47.2 Å². The molecule has 1 aromatic carbocycles. The van der Waals surface area contributed by atoms with Crippen molar-refractivity contribution in [2.75, 3.05) is 0 Å². The lowest BCUT2D eigenvalue weighted by Gasteiger charge is -2.01. The van der Waals surface area contributed by atoms with E-state index in [1.54, 1.807) is 6.26 Å². The first-order chi connectivity index (χ1) is 9.24. The molecule has 2 aromatic heterocycles. The summed E-state index contributed by atoms with van der Waals surface area (Å²) in [5.74, 6) is 0.0310. The largest absolute Gasteiger partial charge is 0.481 e. The zero-order chi connectivity index (χ0) is 13.2. The molecule has 0 radical (unpaired) electrons. The van der Waals surface area contributed by atoms with Crippen molar-refractivity contribution in [3.63, 3.8) is 0 Å². The van der Waals surface area contributed by atoms with Gasteiger partial charge in [0.05, 0.1) is 19.2 Å². The average molecular weight is 255 g/mol. The van der Waals surface area contributed by atoms with Crippen LogP contribution in [0.5, 0.6) is 0 Å². The summed E-state index contributed by atoms with van der Waals surface area (Å²) in [6.07, 6.45) is 3.56. The molecule has 0 amide bonds. The molecule has 0 bridgehead atoms. The SMILES string of the molecule is O=C(O)Cc1cn(Cc2ccco2)c2ccccc12. The number of furan rings is 1. The number of benzene rings is 1. The highest BCUT2D eigenvalue weighted by molar-refractivity contribution is 5.87. The van der Waals surface area contributed by atoms with Crippen LogP contribution in [0.15, 0.2) is 53.3 Å². The Hall–Kier alpha value is -2.49. The molecule has 0 aliphatic heterocycles. The van der Waals surface area contributed by atoms with Crippen molar-refractivity contribution in [3.8, 4) is 0 Å². The highest BCUT2D eigenvalue weighted by atomic mass is 16.4. The Kier molecular flexibility index (Phi) is 2.83. The maximum absolute atomic E-state index is 10.9. The van der Waals surface area contributed by atoms with Crippen LogP contribution in [-0.2, 0) is 17.8 Å². The number of nitrogens with zero attached hydrogens (tertiary/aromatic N) is 1. The van der Waals surface area contributed by atoms with Gasteiger partial charge in [-0.05, 0) is 23.8 Å². The minimum atomic E-state index is -0.819. The van der Waals surface area contributed by atoms with Crippen molar-refractivity contribution in [2.24, 2.45) is 0 Å². The molecule has 0 aliphatic carbocycles. The molecule has 0 fully saturated rings. The van der Waals surface area contributed by atoms with E-state index >= 15 is 0 Å². The third-order valence-electron chi connectivity index (χ3n) is 3.12. The van der Waals surface area contributed by atoms with E-state index in [0.717, 1.165) is 22.2 Å². The van der Waals surface area contributed by atoms with Gasteiger partial charge in [-0.3, -0.25) is 4.79 Å². The van der Waals surface area contributed by atoms with Crippen molar-refractivity contribution in [1.29, 1.82) is 0 Å². The zero-order valence-corrected chi connectivity index (χ0v) is 10.2. The molecule has 1 N–H and O–H groups in total. The molecule has 3 aromatic rings. The minimum absolute atomic E-state index is 0.0334. The van der Waals surface area contributed by atoms with Crippen LogP contribution in [0.1, 0.15) is 11.3 Å². The molecule has 0 spiro atoms. The number of aliphatic carboxylic acids is 1. The number of rotatable bonds is 4. The number of hydrogen-bond acceptors (Lipinski definition) is 2. The van der Waals surface area contributed by atoms with Gasteiger partial charge in [-0.1, -0.05) is 18.2 Å². The van der Waals surface area contributed by atoms with Crippen molar-refractivity contribution in [3.05, 3.63) is 60.2 Å². The predicted octanol–water partition coefficient (Wildman–Crippen LogP) is 2.91. The fourth-order valence-electron chi connectivity index (χ4n) is 2.33. The van der Waals surface area contributed by atoms with Crippen LogP contribution in [0, 0.1) is 0 Å². The normalized spacial score (nSPS) is 10.9. The molecule has 4 heteroatoms. The number of para-hydroxylation sites is 1. The van der Waals surface area contributed by atoms with Gasteiger partial charge in [0.15, 0.2) is 0 Å². The fourth-order valence-corrected chi connectivity index (χ4v) is 2.33. The van der Waals surface area contributed by atoms with E-state index in [2.05, 4.69) is 0 Å². The van der Waals surface area contributed by atoms with E-state index < -0.39 is 5.97 Å². The smallest absolute Gasteiger partial charge is 0.307 e. The minimum Gasteiger partial charge on any atom is -0.481 e. The quantitative estimate of drug-likeness (QED) is 0.779. The van der Waals surface area contributed by atoms with E-state index in [0.29, 0.717) is 6.54 Å². The summed E-state index contributed by atoms with van der Waals surface area (Å²) >= 11 is 0. The third-order valence-corrected chi connectivity index (χ3v) is 3.12. The second-order valence-corrected chi connectivity index (χ2v) is 4.45. The van der Waals surface area contributed by atoms with Gasteiger partial charge >= 0.3 is 5.97 Å². The van der Waals surface area contributed by atoms with E-state index in [1.165, 1.54) is 0 Å². The van der Waals surface area contributed by atoms with Gasteiger partial charge in [-0.25, -0.2) is 0 Å². The number of carbonyl (C=O) groups is 1. The summed E-state index contributed by atoms with van der Waals surface area (Å²) in [5, 5.41) is 9.95. The van der Waals surface area contributed by atoms with Crippen LogP contribution in [0.4, 0.5) is 0 Å². The average Bonchev–Trinajstić information content (AvgIpc) is 2.99. The summed E-state index contributed by atoms with van der Waals surface area (Å²) in [7, 11) is 0. The summed E-state index contributed by atoms with van der Waals surface area (Å²) in [6, 6.07) is 11.6. The number of fused-ring (bicyclic) bond motifs is 1. The molecule has 0 aliphatic rings. The molecular formula is C15H13NO3. The van der Waals surface area contributed by atoms with Crippen LogP contribution in [0.3, 0.4) is 0 Å². The maximum atomic E-state index is 10.9. The summed E-state index contributed by atoms with van der Waals surface area (Å²) in [6.45, 7) is 0.604. The Bertz CT molecular complexity index is 710. The van der Waals surface area contributed by atoms with Gasteiger partial charge in [0.1, 0.15) is 5.76 Å². The Balaban J connectivity index is 2.06. The zero-order valence-electron chi connectivity index (χ0n) is 10.2. The Morgan fingerprint density at radius 1 is 1.21 bits per heavy atom. The standard InChI is InChI=1S/C15H13NO3/c17-15(18)8-11-9-16(10-12-4-3-7-19-12)14-6-2-1-5-13(11)14/h1-7,9H,8,10H2,(H,17,18). The second-order valence-electron chi connectivity index (χ2n) is 4.45. The molecule has 2 heterocycles. The van der Waals surface area contributed by atoms with E-state index in [-0.39, 0.29) is 6.42 Å². The van der Waals surface area contributed by atoms with Gasteiger partial charge in [-0.15, -0.1) is 0 Å². The molecular weight excluding hydrogens is 242 g/mol. The molecule has 0 atom stereocenters. The van der Waals surface area contributed by atoms with Crippen LogP contribution < -0.4 is 0 Å². The molecule has 4 nitrogen and oxygen atoms in total. The van der Waals surface area contributed by atoms with Gasteiger partial charge < -0.3 is 14.1 Å². The molecule has 96 valence electrons. The van der Waals surface area contributed by atoms with Crippen LogP contribution in [0.25, 0.3) is 10.9 Å². The second kappa shape index (κ2) is 4.65. The van der Waals surface area contributed by atoms with Crippen LogP contribution in [0.2, 0.25) is 0 Å². The molecule has 0 unspecified atom stereocenters. The molecule has 3 rings (SSSR count). The highest BCUT2D eigenvalue weighted by Crippen LogP contribution is 2.23. The Labute approximate surface area is 109 Å². The van der Waals surface area contributed by atoms with E-state index in [9.17, 15) is 4.79 Å². The molecule has 0 saturated heterocycles. The monoisotopic (exact) mass is 255 g/mol. The fraction of sp³-hybridized carbons (Fsp3) is 0.133. The van der Waals surface area contributed by atoms with Crippen LogP contribution in [-0.4, -0.2) is 15.6 Å². The Morgan fingerprint density at radius 2 is 2.05 bits per heavy atom. The number of hydrogen-bond donors (Lipinski definition) is 1. The molecule has 19 heavy (non-hydrogen) atoms. The van der Waals surface area contributed by atoms with Crippen molar-refractivity contribution in [1.82, 2.24) is 4.57 Å². The Morgan fingerprint density at radius 3 is 2.79 bits per heavy atom. The first kappa shape index (κ1) is 11.6. The summed E-state index contributed by atoms with van der Waals surface area (Å²) < 4.78 is 7.36. The number of aromatic nitrogens is 1. The van der Waals surface area contributed by atoms with Gasteiger partial charge in [0.2, 0.25) is 0 Å². The van der Waals surface area contributed by atoms with Gasteiger partial charge in [-0.2, -0.15) is 0 Å². The first-order valence-electron chi connectivity index (χ1n) is 6.05. The summed E-state index contributed by atoms with van der Waals surface area (Å²) in [5.41, 5.74) is 1.85. The highest BCUT2D eigenvalue weighted by Gasteiger charge is 2.11. The van der Waals surface area contributed by atoms with Gasteiger partial charge in [0.25, 0.3) is 0 Å². The van der Waals surface area contributed by atoms with Crippen molar-refractivity contribution < 1.29 is 14.3 Å². The third kappa shape index (κ3) is 2.25. The lowest BCUT2D eigenvalue weighted by atomic mass is 10.1. The predicted molar refractivity (Wildman–Crippen MR) is 71.1 cm³/mol. The van der Waals surface area contributed by atoms with Crippen molar-refractivity contribution >= 4 is 16.9 Å². The topological polar surface area (TPSA) is 55.4 Å². The lowest BCUT2D eigenvalue weighted by molar-refractivity contribution is -0.136. The van der Waals surface area contributed by atoms with Crippen molar-refractivity contribution in [2.45, 2.75) is 13.0 Å². The maximum Gasteiger partial charge on any atom is 0.307 e. The lowest BCUT2D eigenvalue weighted by Crippen LogP contribution is -1.99. The summed E-state index contributed by atoms with van der Waals surface area (Å²) in [4.78, 5) is 10.9. The van der Waals surface area contributed by atoms with Gasteiger partial charge in [0, 0.05) is 17.1 Å². The van der Waals surface area contributed by atoms with E-state index in [4.69, 9.17) is 9.52 Å². The first-order valence-corrected chi connectivity index (χ1v) is 6.05. The molecule has 0 saturated carbocycles.